The van der Waals surface area contributed by atoms with Gasteiger partial charge in [-0.2, -0.15) is 0 Å². The third kappa shape index (κ3) is 11.2. The summed E-state index contributed by atoms with van der Waals surface area (Å²) in [6.07, 6.45) is 46.8. The first-order valence-corrected chi connectivity index (χ1v) is 20.8. The zero-order chi connectivity index (χ0) is 35.1. The van der Waals surface area contributed by atoms with E-state index in [0.717, 1.165) is 93.3 Å². The average molecular weight is 671 g/mol. The van der Waals surface area contributed by atoms with Gasteiger partial charge in [0.2, 0.25) is 0 Å². The third-order valence-corrected chi connectivity index (χ3v) is 13.5. The minimum atomic E-state index is 0.00295. The Kier molecular flexibility index (Phi) is 16.3. The fraction of sp³-hybridized carbons (Fsp3) is 0.723. The minimum absolute atomic E-state index is 0.00295. The summed E-state index contributed by atoms with van der Waals surface area (Å²) in [4.78, 5) is 12.8. The van der Waals surface area contributed by atoms with Crippen LogP contribution < -0.4 is 0 Å². The average Bonchev–Trinajstić information content (AvgIpc) is 3.43. The number of fused-ring (bicyclic) bond motifs is 5. The standard InChI is InChI=1S/C47H74O2/c1-7-8-9-10-11-12-13-14-15-16-17-18-19-20-21-22-23-27-45(48)49-40-32-34-46(5)39(36-40)28-29-41-43-31-30-42(38(4)26-24-25-37(2)3)47(43,6)35-33-44(41)46/h8-9,11-12,14-15,17-18,20-21,28,37-38,40-44H,7,10,13,16,19,22-27,29-36H2,1-6H3/b9-8+,12-11+,15-14+,18-17+,21-20+. The molecule has 4 aliphatic carbocycles. The monoisotopic (exact) mass is 671 g/mol. The molecule has 0 saturated heterocycles. The van der Waals surface area contributed by atoms with Crippen LogP contribution in [-0.4, -0.2) is 12.1 Å². The highest BCUT2D eigenvalue weighted by molar-refractivity contribution is 5.69. The van der Waals surface area contributed by atoms with Gasteiger partial charge in [0.1, 0.15) is 6.10 Å². The Morgan fingerprint density at radius 1 is 0.796 bits per heavy atom. The summed E-state index contributed by atoms with van der Waals surface area (Å²) in [5.41, 5.74) is 2.48. The summed E-state index contributed by atoms with van der Waals surface area (Å²) in [6, 6.07) is 0. The van der Waals surface area contributed by atoms with E-state index in [1.54, 1.807) is 5.57 Å². The minimum Gasteiger partial charge on any atom is -0.462 e. The molecule has 0 heterocycles. The van der Waals surface area contributed by atoms with Crippen LogP contribution in [0.5, 0.6) is 0 Å². The van der Waals surface area contributed by atoms with Crippen molar-refractivity contribution >= 4 is 5.97 Å². The molecule has 0 aromatic carbocycles. The molecule has 3 saturated carbocycles. The molecule has 0 radical (unpaired) electrons. The van der Waals surface area contributed by atoms with Crippen LogP contribution in [0, 0.1) is 46.3 Å². The first-order chi connectivity index (χ1) is 23.7. The van der Waals surface area contributed by atoms with Crippen molar-refractivity contribution in [2.45, 2.75) is 170 Å². The van der Waals surface area contributed by atoms with Gasteiger partial charge in [-0.25, -0.2) is 0 Å². The van der Waals surface area contributed by atoms with Crippen LogP contribution in [0.25, 0.3) is 0 Å². The second-order valence-electron chi connectivity index (χ2n) is 17.2. The third-order valence-electron chi connectivity index (χ3n) is 13.5. The normalized spacial score (nSPS) is 32.4. The quantitative estimate of drug-likeness (QED) is 0.0776. The van der Waals surface area contributed by atoms with Gasteiger partial charge in [0.25, 0.3) is 0 Å². The number of hydrogen-bond acceptors (Lipinski definition) is 2. The number of allylic oxidation sites excluding steroid dienone is 11. The van der Waals surface area contributed by atoms with Gasteiger partial charge in [-0.05, 0) is 136 Å². The van der Waals surface area contributed by atoms with Gasteiger partial charge in [0.05, 0.1) is 0 Å². The predicted octanol–water partition coefficient (Wildman–Crippen LogP) is 13.9. The van der Waals surface area contributed by atoms with E-state index in [-0.39, 0.29) is 12.1 Å². The highest BCUT2D eigenvalue weighted by Crippen LogP contribution is 2.67. The van der Waals surface area contributed by atoms with Crippen molar-refractivity contribution < 1.29 is 9.53 Å². The maximum Gasteiger partial charge on any atom is 0.306 e. The summed E-state index contributed by atoms with van der Waals surface area (Å²) < 4.78 is 6.09. The van der Waals surface area contributed by atoms with Gasteiger partial charge in [-0.1, -0.05) is 133 Å². The van der Waals surface area contributed by atoms with Crippen molar-refractivity contribution in [2.24, 2.45) is 46.3 Å². The molecule has 0 spiro atoms. The Labute approximate surface area is 303 Å². The second kappa shape index (κ2) is 20.1. The second-order valence-corrected chi connectivity index (χ2v) is 17.2. The molecule has 8 atom stereocenters. The first kappa shape index (κ1) is 39.7. The summed E-state index contributed by atoms with van der Waals surface area (Å²) in [5, 5.41) is 0. The molecule has 0 bridgehead atoms. The largest absolute Gasteiger partial charge is 0.462 e. The lowest BCUT2D eigenvalue weighted by Crippen LogP contribution is -2.51. The van der Waals surface area contributed by atoms with Gasteiger partial charge < -0.3 is 4.74 Å². The Morgan fingerprint density at radius 2 is 1.45 bits per heavy atom. The zero-order valence-corrected chi connectivity index (χ0v) is 32.6. The molecule has 0 aromatic heterocycles. The topological polar surface area (TPSA) is 26.3 Å². The van der Waals surface area contributed by atoms with Crippen molar-refractivity contribution in [1.29, 1.82) is 0 Å². The number of carbonyl (C=O) groups excluding carboxylic acids is 1. The van der Waals surface area contributed by atoms with E-state index in [9.17, 15) is 4.79 Å². The maximum absolute atomic E-state index is 12.8. The van der Waals surface area contributed by atoms with E-state index in [4.69, 9.17) is 4.74 Å². The molecule has 3 fully saturated rings. The molecule has 49 heavy (non-hydrogen) atoms. The van der Waals surface area contributed by atoms with Crippen LogP contribution in [0.2, 0.25) is 0 Å². The first-order valence-electron chi connectivity index (χ1n) is 20.8. The number of rotatable bonds is 19. The van der Waals surface area contributed by atoms with Crippen molar-refractivity contribution in [3.63, 3.8) is 0 Å². The lowest BCUT2D eigenvalue weighted by molar-refractivity contribution is -0.151. The molecule has 2 heteroatoms. The molecule has 8 unspecified atom stereocenters. The summed E-state index contributed by atoms with van der Waals surface area (Å²) >= 11 is 0. The van der Waals surface area contributed by atoms with Gasteiger partial charge in [-0.3, -0.25) is 4.79 Å². The van der Waals surface area contributed by atoms with E-state index in [0.29, 0.717) is 17.3 Å². The van der Waals surface area contributed by atoms with Crippen LogP contribution >= 0.6 is 0 Å². The molecule has 0 amide bonds. The Morgan fingerprint density at radius 3 is 2.10 bits per heavy atom. The summed E-state index contributed by atoms with van der Waals surface area (Å²) in [6.45, 7) is 14.8. The van der Waals surface area contributed by atoms with Crippen LogP contribution in [0.15, 0.2) is 72.4 Å². The fourth-order valence-corrected chi connectivity index (χ4v) is 10.7. The molecule has 4 rings (SSSR count). The SMILES string of the molecule is CC/C=C/C/C=C/C/C=C/C/C=C/C/C=C/CCCC(=O)OC1CCC2(C)C(=CCC3C2CCC2(C)C(C(C)CCCC(C)C)CCC32)C1. The molecule has 4 aliphatic rings. The number of hydrogen-bond donors (Lipinski definition) is 0. The highest BCUT2D eigenvalue weighted by atomic mass is 16.5. The predicted molar refractivity (Wildman–Crippen MR) is 211 cm³/mol. The van der Waals surface area contributed by atoms with Crippen LogP contribution in [0.3, 0.4) is 0 Å². The van der Waals surface area contributed by atoms with Gasteiger partial charge >= 0.3 is 5.97 Å². The highest BCUT2D eigenvalue weighted by Gasteiger charge is 2.59. The van der Waals surface area contributed by atoms with Gasteiger partial charge in [0.15, 0.2) is 0 Å². The lowest BCUT2D eigenvalue weighted by atomic mass is 9.47. The van der Waals surface area contributed by atoms with Gasteiger partial charge in [-0.15, -0.1) is 0 Å². The number of ether oxygens (including phenoxy) is 1. The lowest BCUT2D eigenvalue weighted by Gasteiger charge is -2.58. The van der Waals surface area contributed by atoms with E-state index < -0.39 is 0 Å². The molecule has 0 N–H and O–H groups in total. The molecule has 0 aromatic rings. The van der Waals surface area contributed by atoms with Crippen molar-refractivity contribution in [2.75, 3.05) is 0 Å². The number of carbonyl (C=O) groups is 1. The maximum atomic E-state index is 12.8. The smallest absolute Gasteiger partial charge is 0.306 e. The van der Waals surface area contributed by atoms with E-state index in [1.807, 2.05) is 0 Å². The fourth-order valence-electron chi connectivity index (χ4n) is 10.7. The van der Waals surface area contributed by atoms with Crippen molar-refractivity contribution in [3.8, 4) is 0 Å². The van der Waals surface area contributed by atoms with Crippen LogP contribution in [0.4, 0.5) is 0 Å². The van der Waals surface area contributed by atoms with Crippen molar-refractivity contribution in [1.82, 2.24) is 0 Å². The Balaban J connectivity index is 1.13. The zero-order valence-electron chi connectivity index (χ0n) is 32.6. The van der Waals surface area contributed by atoms with Gasteiger partial charge in [0, 0.05) is 12.8 Å². The van der Waals surface area contributed by atoms with E-state index in [1.165, 1.54) is 57.8 Å². The number of unbranched alkanes of at least 4 members (excludes halogenated alkanes) is 1. The number of esters is 1. The molecular weight excluding hydrogens is 597 g/mol. The van der Waals surface area contributed by atoms with Crippen LogP contribution in [0.1, 0.15) is 164 Å². The summed E-state index contributed by atoms with van der Waals surface area (Å²) in [7, 11) is 0. The molecule has 2 nitrogen and oxygen atoms in total. The molecular formula is C47H74O2. The Hall–Kier alpha value is -2.09. The van der Waals surface area contributed by atoms with Crippen molar-refractivity contribution in [3.05, 3.63) is 72.4 Å². The molecule has 274 valence electrons. The van der Waals surface area contributed by atoms with E-state index in [2.05, 4.69) is 108 Å². The summed E-state index contributed by atoms with van der Waals surface area (Å²) in [5.74, 6) is 5.20. The van der Waals surface area contributed by atoms with Crippen LogP contribution in [-0.2, 0) is 9.53 Å². The van der Waals surface area contributed by atoms with E-state index >= 15 is 0 Å². The Bertz CT molecular complexity index is 1180. The molecule has 0 aliphatic heterocycles.